The highest BCUT2D eigenvalue weighted by atomic mass is 35.5. The van der Waals surface area contributed by atoms with E-state index in [1.807, 2.05) is 18.7 Å². The highest BCUT2D eigenvalue weighted by Crippen LogP contribution is 2.31. The third kappa shape index (κ3) is 4.24. The summed E-state index contributed by atoms with van der Waals surface area (Å²) in [7, 11) is 0. The molecule has 142 valence electrons. The molecule has 3 rings (SSSR count). The van der Waals surface area contributed by atoms with Crippen LogP contribution in [-0.4, -0.2) is 36.0 Å². The lowest BCUT2D eigenvalue weighted by molar-refractivity contribution is -0.384. The number of benzene rings is 2. The van der Waals surface area contributed by atoms with Crippen molar-refractivity contribution in [3.63, 3.8) is 0 Å². The molecule has 2 atom stereocenters. The van der Waals surface area contributed by atoms with Gasteiger partial charge in [0.05, 0.1) is 32.7 Å². The Labute approximate surface area is 166 Å². The van der Waals surface area contributed by atoms with Crippen LogP contribution < -0.4 is 4.90 Å². The van der Waals surface area contributed by atoms with E-state index in [1.54, 1.807) is 12.1 Å². The number of non-ortho nitro benzene ring substituents is 1. The van der Waals surface area contributed by atoms with E-state index in [0.29, 0.717) is 29.4 Å². The summed E-state index contributed by atoms with van der Waals surface area (Å²) in [6.45, 7) is 5.08. The van der Waals surface area contributed by atoms with Crippen LogP contribution in [0.15, 0.2) is 36.4 Å². The Morgan fingerprint density at radius 3 is 2.37 bits per heavy atom. The molecule has 0 aromatic heterocycles. The lowest BCUT2D eigenvalue weighted by atomic mass is 9.99. The normalized spacial score (nSPS) is 19.8. The average molecular weight is 409 g/mol. The van der Waals surface area contributed by atoms with Gasteiger partial charge in [0.1, 0.15) is 0 Å². The predicted molar refractivity (Wildman–Crippen MR) is 105 cm³/mol. The van der Waals surface area contributed by atoms with Gasteiger partial charge in [0.2, 0.25) is 0 Å². The van der Waals surface area contributed by atoms with E-state index in [9.17, 15) is 14.9 Å². The Bertz CT molecular complexity index is 893. The number of carbonyl (C=O) groups excluding carboxylic acids is 1. The van der Waals surface area contributed by atoms with Crippen molar-refractivity contribution in [3.8, 4) is 0 Å². The predicted octanol–water partition coefficient (Wildman–Crippen LogP) is 4.75. The van der Waals surface area contributed by atoms with Gasteiger partial charge < -0.3 is 9.64 Å². The summed E-state index contributed by atoms with van der Waals surface area (Å²) in [4.78, 5) is 25.9. The van der Waals surface area contributed by atoms with Crippen molar-refractivity contribution >= 4 is 40.4 Å². The zero-order valence-corrected chi connectivity index (χ0v) is 16.3. The van der Waals surface area contributed by atoms with Crippen molar-refractivity contribution < 1.29 is 14.5 Å². The van der Waals surface area contributed by atoms with E-state index >= 15 is 0 Å². The van der Waals surface area contributed by atoms with Gasteiger partial charge in [0.15, 0.2) is 5.78 Å². The molecule has 1 aliphatic rings. The second kappa shape index (κ2) is 7.84. The number of rotatable bonds is 4. The standard InChI is InChI=1S/C19H18Cl2N2O4/c1-11-9-22(10-12(2)27-11)18-6-4-14(23(25)26)8-15(18)19(24)13-3-5-16(20)17(21)7-13/h3-8,11-12H,9-10H2,1-2H3/t11-,12+. The number of hydrogen-bond donors (Lipinski definition) is 0. The molecule has 1 fully saturated rings. The third-order valence-corrected chi connectivity index (χ3v) is 5.12. The molecule has 0 saturated carbocycles. The summed E-state index contributed by atoms with van der Waals surface area (Å²) in [5, 5.41) is 11.8. The summed E-state index contributed by atoms with van der Waals surface area (Å²) in [5.41, 5.74) is 1.07. The molecule has 0 radical (unpaired) electrons. The van der Waals surface area contributed by atoms with Crippen molar-refractivity contribution in [3.05, 3.63) is 67.7 Å². The van der Waals surface area contributed by atoms with E-state index in [0.717, 1.165) is 0 Å². The van der Waals surface area contributed by atoms with Crippen molar-refractivity contribution in [2.75, 3.05) is 18.0 Å². The number of ketones is 1. The fourth-order valence-electron chi connectivity index (χ4n) is 3.26. The fourth-order valence-corrected chi connectivity index (χ4v) is 3.56. The van der Waals surface area contributed by atoms with Crippen LogP contribution in [0.1, 0.15) is 29.8 Å². The number of nitrogens with zero attached hydrogens (tertiary/aromatic N) is 2. The minimum Gasteiger partial charge on any atom is -0.372 e. The molecule has 27 heavy (non-hydrogen) atoms. The van der Waals surface area contributed by atoms with E-state index in [1.165, 1.54) is 24.3 Å². The molecular formula is C19H18Cl2N2O4. The largest absolute Gasteiger partial charge is 0.372 e. The number of nitro groups is 1. The van der Waals surface area contributed by atoms with Crippen LogP contribution in [0.2, 0.25) is 10.0 Å². The van der Waals surface area contributed by atoms with Crippen LogP contribution in [0.4, 0.5) is 11.4 Å². The fraction of sp³-hybridized carbons (Fsp3) is 0.316. The minimum absolute atomic E-state index is 0.0168. The molecule has 0 amide bonds. The number of ether oxygens (including phenoxy) is 1. The van der Waals surface area contributed by atoms with Gasteiger partial charge in [-0.3, -0.25) is 14.9 Å². The van der Waals surface area contributed by atoms with Crippen LogP contribution in [0.3, 0.4) is 0 Å². The Hall–Kier alpha value is -2.15. The maximum Gasteiger partial charge on any atom is 0.270 e. The summed E-state index contributed by atoms with van der Waals surface area (Å²) >= 11 is 12.0. The molecule has 0 bridgehead atoms. The maximum absolute atomic E-state index is 13.1. The first kappa shape index (κ1) is 19.6. The maximum atomic E-state index is 13.1. The number of nitro benzene ring substituents is 1. The summed E-state index contributed by atoms with van der Waals surface area (Å²) in [6, 6.07) is 8.90. The topological polar surface area (TPSA) is 72.7 Å². The summed E-state index contributed by atoms with van der Waals surface area (Å²) in [6.07, 6.45) is -0.0336. The van der Waals surface area contributed by atoms with Crippen molar-refractivity contribution in [2.45, 2.75) is 26.1 Å². The van der Waals surface area contributed by atoms with Gasteiger partial charge in [-0.05, 0) is 38.1 Å². The summed E-state index contributed by atoms with van der Waals surface area (Å²) < 4.78 is 5.75. The Kier molecular flexibility index (Phi) is 5.69. The molecule has 2 aromatic carbocycles. The second-order valence-corrected chi connectivity index (χ2v) is 7.39. The van der Waals surface area contributed by atoms with E-state index < -0.39 is 4.92 Å². The molecular weight excluding hydrogens is 391 g/mol. The quantitative estimate of drug-likeness (QED) is 0.414. The van der Waals surface area contributed by atoms with E-state index in [4.69, 9.17) is 27.9 Å². The first-order valence-electron chi connectivity index (χ1n) is 8.45. The molecule has 0 spiro atoms. The monoisotopic (exact) mass is 408 g/mol. The Morgan fingerprint density at radius 2 is 1.78 bits per heavy atom. The van der Waals surface area contributed by atoms with Gasteiger partial charge in [0, 0.05) is 36.5 Å². The van der Waals surface area contributed by atoms with Gasteiger partial charge in [-0.2, -0.15) is 0 Å². The zero-order valence-electron chi connectivity index (χ0n) is 14.8. The number of morpholine rings is 1. The van der Waals surface area contributed by atoms with Crippen molar-refractivity contribution in [1.29, 1.82) is 0 Å². The molecule has 1 aliphatic heterocycles. The average Bonchev–Trinajstić information content (AvgIpc) is 2.62. The molecule has 6 nitrogen and oxygen atoms in total. The molecule has 0 unspecified atom stereocenters. The van der Waals surface area contributed by atoms with E-state index in [-0.39, 0.29) is 34.3 Å². The van der Waals surface area contributed by atoms with Crippen molar-refractivity contribution in [2.24, 2.45) is 0 Å². The Morgan fingerprint density at radius 1 is 1.11 bits per heavy atom. The van der Waals surface area contributed by atoms with Crippen molar-refractivity contribution in [1.82, 2.24) is 0 Å². The summed E-state index contributed by atoms with van der Waals surface area (Å²) in [5.74, 6) is -0.348. The zero-order chi connectivity index (χ0) is 19.7. The van der Waals surface area contributed by atoms with Crippen LogP contribution in [0.25, 0.3) is 0 Å². The van der Waals surface area contributed by atoms with Crippen LogP contribution in [-0.2, 0) is 4.74 Å². The highest BCUT2D eigenvalue weighted by Gasteiger charge is 2.27. The molecule has 0 N–H and O–H groups in total. The van der Waals surface area contributed by atoms with Gasteiger partial charge >= 0.3 is 0 Å². The van der Waals surface area contributed by atoms with E-state index in [2.05, 4.69) is 0 Å². The Balaban J connectivity index is 2.07. The van der Waals surface area contributed by atoms with Gasteiger partial charge in [-0.15, -0.1) is 0 Å². The highest BCUT2D eigenvalue weighted by molar-refractivity contribution is 6.42. The third-order valence-electron chi connectivity index (χ3n) is 4.38. The van der Waals surface area contributed by atoms with Crippen LogP contribution in [0, 0.1) is 10.1 Å². The second-order valence-electron chi connectivity index (χ2n) is 6.58. The van der Waals surface area contributed by atoms with Crippen LogP contribution >= 0.6 is 23.2 Å². The lowest BCUT2D eigenvalue weighted by Gasteiger charge is -2.37. The first-order valence-corrected chi connectivity index (χ1v) is 9.20. The SMILES string of the molecule is C[C@@H]1CN(c2ccc([N+](=O)[O-])cc2C(=O)c2ccc(Cl)c(Cl)c2)C[C@H](C)O1. The number of anilines is 1. The van der Waals surface area contributed by atoms with Crippen LogP contribution in [0.5, 0.6) is 0 Å². The van der Waals surface area contributed by atoms with Gasteiger partial charge in [-0.25, -0.2) is 0 Å². The molecule has 0 aliphatic carbocycles. The molecule has 1 heterocycles. The molecule has 2 aromatic rings. The number of halogens is 2. The molecule has 8 heteroatoms. The van der Waals surface area contributed by atoms with Gasteiger partial charge in [-0.1, -0.05) is 23.2 Å². The smallest absolute Gasteiger partial charge is 0.270 e. The molecule has 1 saturated heterocycles. The minimum atomic E-state index is -0.514. The number of carbonyl (C=O) groups is 1. The number of hydrogen-bond acceptors (Lipinski definition) is 5. The first-order chi connectivity index (χ1) is 12.8. The lowest BCUT2D eigenvalue weighted by Crippen LogP contribution is -2.46. The van der Waals surface area contributed by atoms with Gasteiger partial charge in [0.25, 0.3) is 5.69 Å².